The van der Waals surface area contributed by atoms with Gasteiger partial charge >= 0.3 is 0 Å². The van der Waals surface area contributed by atoms with Crippen molar-refractivity contribution in [3.05, 3.63) is 40.0 Å². The maximum absolute atomic E-state index is 5.80. The van der Waals surface area contributed by atoms with Crippen molar-refractivity contribution >= 4 is 27.7 Å². The first-order valence-corrected chi connectivity index (χ1v) is 6.08. The first-order chi connectivity index (χ1) is 8.60. The summed E-state index contributed by atoms with van der Waals surface area (Å²) < 4.78 is 6.08. The van der Waals surface area contributed by atoms with Gasteiger partial charge in [-0.25, -0.2) is 4.98 Å². The molecule has 5 nitrogen and oxygen atoms in total. The lowest BCUT2D eigenvalue weighted by atomic mass is 10.1. The molecule has 0 unspecified atom stereocenters. The molecule has 0 bridgehead atoms. The van der Waals surface area contributed by atoms with Gasteiger partial charge in [-0.1, -0.05) is 6.07 Å². The maximum atomic E-state index is 5.80. The summed E-state index contributed by atoms with van der Waals surface area (Å²) in [5, 5.41) is 0. The molecule has 94 valence electrons. The predicted octanol–water partition coefficient (Wildman–Crippen LogP) is 2.00. The Balaban J connectivity index is 2.26. The lowest BCUT2D eigenvalue weighted by molar-refractivity contribution is 0.412. The highest BCUT2D eigenvalue weighted by molar-refractivity contribution is 9.10. The van der Waals surface area contributed by atoms with Gasteiger partial charge in [0.25, 0.3) is 0 Å². The molecule has 0 saturated carbocycles. The quantitative estimate of drug-likeness (QED) is 0.905. The molecular weight excluding hydrogens is 296 g/mol. The number of anilines is 2. The molecule has 0 radical (unpaired) electrons. The molecule has 0 fully saturated rings. The van der Waals surface area contributed by atoms with E-state index < -0.39 is 0 Å². The number of hydrogen-bond donors (Lipinski definition) is 2. The van der Waals surface area contributed by atoms with Crippen LogP contribution in [0.4, 0.5) is 11.8 Å². The zero-order valence-corrected chi connectivity index (χ0v) is 11.4. The standard InChI is InChI=1S/C12H13BrN4O/c1-18-10-3-2-7(5-9(10)13)4-8-6-16-12(15)17-11(8)14/h2-3,5-6H,4H2,1H3,(H4,14,15,16,17). The molecule has 0 aliphatic carbocycles. The van der Waals surface area contributed by atoms with Gasteiger partial charge in [0.2, 0.25) is 5.95 Å². The van der Waals surface area contributed by atoms with Gasteiger partial charge in [-0.2, -0.15) is 4.98 Å². The molecule has 2 rings (SSSR count). The van der Waals surface area contributed by atoms with Crippen molar-refractivity contribution in [2.45, 2.75) is 6.42 Å². The van der Waals surface area contributed by atoms with Gasteiger partial charge in [-0.15, -0.1) is 0 Å². The monoisotopic (exact) mass is 308 g/mol. The molecule has 0 saturated heterocycles. The second-order valence-corrected chi connectivity index (χ2v) is 4.64. The third-order valence-electron chi connectivity index (χ3n) is 2.53. The molecule has 6 heteroatoms. The largest absolute Gasteiger partial charge is 0.496 e. The van der Waals surface area contributed by atoms with E-state index in [1.54, 1.807) is 13.3 Å². The van der Waals surface area contributed by atoms with Crippen LogP contribution in [0.15, 0.2) is 28.9 Å². The zero-order chi connectivity index (χ0) is 13.1. The van der Waals surface area contributed by atoms with E-state index in [1.165, 1.54) is 0 Å². The van der Waals surface area contributed by atoms with Crippen molar-refractivity contribution in [1.29, 1.82) is 0 Å². The average molecular weight is 309 g/mol. The molecule has 4 N–H and O–H groups in total. The van der Waals surface area contributed by atoms with Gasteiger partial charge in [0.1, 0.15) is 11.6 Å². The highest BCUT2D eigenvalue weighted by atomic mass is 79.9. The molecule has 18 heavy (non-hydrogen) atoms. The number of halogens is 1. The number of ether oxygens (including phenoxy) is 1. The van der Waals surface area contributed by atoms with Crippen LogP contribution in [0.2, 0.25) is 0 Å². The normalized spacial score (nSPS) is 10.3. The number of aromatic nitrogens is 2. The lowest BCUT2D eigenvalue weighted by Crippen LogP contribution is -2.04. The Morgan fingerprint density at radius 2 is 2.11 bits per heavy atom. The number of rotatable bonds is 3. The SMILES string of the molecule is COc1ccc(Cc2cnc(N)nc2N)cc1Br. The number of nitrogen functional groups attached to an aromatic ring is 2. The van der Waals surface area contributed by atoms with E-state index in [0.717, 1.165) is 21.3 Å². The van der Waals surface area contributed by atoms with Crippen LogP contribution >= 0.6 is 15.9 Å². The van der Waals surface area contributed by atoms with Gasteiger partial charge < -0.3 is 16.2 Å². The Morgan fingerprint density at radius 3 is 2.72 bits per heavy atom. The molecule has 1 heterocycles. The number of hydrogen-bond acceptors (Lipinski definition) is 5. The fourth-order valence-electron chi connectivity index (χ4n) is 1.61. The minimum Gasteiger partial charge on any atom is -0.496 e. The molecule has 0 amide bonds. The smallest absolute Gasteiger partial charge is 0.221 e. The average Bonchev–Trinajstić information content (AvgIpc) is 2.33. The Morgan fingerprint density at radius 1 is 1.33 bits per heavy atom. The Labute approximate surface area is 113 Å². The van der Waals surface area contributed by atoms with Gasteiger partial charge in [0.15, 0.2) is 0 Å². The Hall–Kier alpha value is -1.82. The van der Waals surface area contributed by atoms with E-state index in [4.69, 9.17) is 16.2 Å². The number of nitrogens with two attached hydrogens (primary N) is 2. The summed E-state index contributed by atoms with van der Waals surface area (Å²) >= 11 is 3.44. The minimum atomic E-state index is 0.187. The first kappa shape index (κ1) is 12.6. The molecular formula is C12H13BrN4O. The third-order valence-corrected chi connectivity index (χ3v) is 3.15. The first-order valence-electron chi connectivity index (χ1n) is 5.29. The number of benzene rings is 1. The van der Waals surface area contributed by atoms with Gasteiger partial charge in [0.05, 0.1) is 11.6 Å². The van der Waals surface area contributed by atoms with Crippen molar-refractivity contribution in [1.82, 2.24) is 9.97 Å². The maximum Gasteiger partial charge on any atom is 0.221 e. The van der Waals surface area contributed by atoms with E-state index in [-0.39, 0.29) is 5.95 Å². The topological polar surface area (TPSA) is 87.0 Å². The van der Waals surface area contributed by atoms with E-state index in [1.807, 2.05) is 18.2 Å². The minimum absolute atomic E-state index is 0.187. The van der Waals surface area contributed by atoms with Crippen LogP contribution in [0.1, 0.15) is 11.1 Å². The van der Waals surface area contributed by atoms with Crippen LogP contribution in [-0.4, -0.2) is 17.1 Å². The van der Waals surface area contributed by atoms with Crippen molar-refractivity contribution in [2.24, 2.45) is 0 Å². The van der Waals surface area contributed by atoms with Gasteiger partial charge in [-0.05, 0) is 33.6 Å². The van der Waals surface area contributed by atoms with Crippen LogP contribution in [0.3, 0.4) is 0 Å². The van der Waals surface area contributed by atoms with E-state index in [2.05, 4.69) is 25.9 Å². The number of methoxy groups -OCH3 is 1. The summed E-state index contributed by atoms with van der Waals surface area (Å²) in [6.45, 7) is 0. The van der Waals surface area contributed by atoms with Crippen molar-refractivity contribution < 1.29 is 4.74 Å². The lowest BCUT2D eigenvalue weighted by Gasteiger charge is -2.08. The van der Waals surface area contributed by atoms with Crippen LogP contribution in [-0.2, 0) is 6.42 Å². The second-order valence-electron chi connectivity index (χ2n) is 3.78. The third kappa shape index (κ3) is 2.70. The van der Waals surface area contributed by atoms with Gasteiger partial charge in [0, 0.05) is 18.2 Å². The van der Waals surface area contributed by atoms with Crippen molar-refractivity contribution in [3.63, 3.8) is 0 Å². The molecule has 2 aromatic rings. The molecule has 1 aromatic carbocycles. The fraction of sp³-hybridized carbons (Fsp3) is 0.167. The van der Waals surface area contributed by atoms with Crippen LogP contribution in [0.25, 0.3) is 0 Å². The van der Waals surface area contributed by atoms with E-state index in [9.17, 15) is 0 Å². The van der Waals surface area contributed by atoms with E-state index >= 15 is 0 Å². The zero-order valence-electron chi connectivity index (χ0n) is 9.85. The Kier molecular flexibility index (Phi) is 3.66. The summed E-state index contributed by atoms with van der Waals surface area (Å²) in [5.41, 5.74) is 13.2. The summed E-state index contributed by atoms with van der Waals surface area (Å²) in [7, 11) is 1.63. The molecule has 0 aliphatic rings. The van der Waals surface area contributed by atoms with Gasteiger partial charge in [-0.3, -0.25) is 0 Å². The molecule has 0 atom stereocenters. The predicted molar refractivity (Wildman–Crippen MR) is 74.4 cm³/mol. The van der Waals surface area contributed by atoms with Crippen molar-refractivity contribution in [2.75, 3.05) is 18.6 Å². The van der Waals surface area contributed by atoms with Crippen LogP contribution in [0.5, 0.6) is 5.75 Å². The summed E-state index contributed by atoms with van der Waals surface area (Å²) in [6.07, 6.45) is 2.30. The van der Waals surface area contributed by atoms with Crippen LogP contribution < -0.4 is 16.2 Å². The highest BCUT2D eigenvalue weighted by Crippen LogP contribution is 2.27. The summed E-state index contributed by atoms with van der Waals surface area (Å²) in [6, 6.07) is 5.85. The van der Waals surface area contributed by atoms with E-state index in [0.29, 0.717) is 12.2 Å². The Bertz CT molecular complexity index is 574. The molecule has 0 spiro atoms. The molecule has 0 aliphatic heterocycles. The molecule has 1 aromatic heterocycles. The second kappa shape index (κ2) is 5.22. The highest BCUT2D eigenvalue weighted by Gasteiger charge is 2.06. The number of nitrogens with zero attached hydrogens (tertiary/aromatic N) is 2. The summed E-state index contributed by atoms with van der Waals surface area (Å²) in [4.78, 5) is 7.88. The van der Waals surface area contributed by atoms with Crippen LogP contribution in [0, 0.1) is 0 Å². The van der Waals surface area contributed by atoms with Crippen molar-refractivity contribution in [3.8, 4) is 5.75 Å². The fourth-order valence-corrected chi connectivity index (χ4v) is 2.20. The summed E-state index contributed by atoms with van der Waals surface area (Å²) in [5.74, 6) is 1.39.